The number of hydrogen-bond donors (Lipinski definition) is 0. The van der Waals surface area contributed by atoms with E-state index in [1.807, 2.05) is 30.3 Å². The zero-order valence-electron chi connectivity index (χ0n) is 4.09. The van der Waals surface area contributed by atoms with Gasteiger partial charge in [0.05, 0.1) is 0 Å². The van der Waals surface area contributed by atoms with Crippen molar-refractivity contribution in [2.45, 2.75) is 0 Å². The third-order valence-electron chi connectivity index (χ3n) is 0.843. The molecule has 0 unspecified atom stereocenters. The molecule has 1 rings (SSSR count). The Balaban J connectivity index is 0.000000490. The molecule has 0 aliphatic carbocycles. The molecule has 1 heteroatoms. The first-order valence-corrected chi connectivity index (χ1v) is 2.26. The van der Waals surface area contributed by atoms with Gasteiger partial charge in [0.1, 0.15) is 0 Å². The van der Waals surface area contributed by atoms with E-state index in [9.17, 15) is 0 Å². The summed E-state index contributed by atoms with van der Waals surface area (Å²) in [5, 5.41) is 0. The maximum absolute atomic E-state index is 3.72. The Morgan fingerprint density at radius 1 is 1.00 bits per heavy atom. The topological polar surface area (TPSA) is 0 Å². The third-order valence-corrected chi connectivity index (χ3v) is 0.843. The van der Waals surface area contributed by atoms with Crippen molar-refractivity contribution in [3.63, 3.8) is 0 Å². The molecule has 0 heterocycles. The van der Waals surface area contributed by atoms with Gasteiger partial charge in [-0.2, -0.15) is 0 Å². The summed E-state index contributed by atoms with van der Waals surface area (Å²) in [6.45, 7) is 3.72. The molecular formula is C7H8Li. The molecule has 8 heavy (non-hydrogen) atoms. The number of hydrogen-bond acceptors (Lipinski definition) is 0. The van der Waals surface area contributed by atoms with Crippen LogP contribution < -0.4 is 0 Å². The van der Waals surface area contributed by atoms with Crippen molar-refractivity contribution in [3.05, 3.63) is 42.8 Å². The Morgan fingerprint density at radius 3 is 1.75 bits per heavy atom. The molecule has 0 nitrogen and oxygen atoms in total. The van der Waals surface area contributed by atoms with Crippen LogP contribution in [0.25, 0.3) is 0 Å². The van der Waals surface area contributed by atoms with E-state index in [0.717, 1.165) is 5.56 Å². The zero-order chi connectivity index (χ0) is 5.11. The minimum absolute atomic E-state index is 0. The molecule has 0 saturated heterocycles. The van der Waals surface area contributed by atoms with Crippen LogP contribution in [0.3, 0.4) is 0 Å². The van der Waals surface area contributed by atoms with Crippen molar-refractivity contribution in [2.75, 3.05) is 0 Å². The standard InChI is InChI=1S/C7H7.Li.H/c1-7-5-3-2-4-6-7;;/h2-6H,1H2;;. The molecule has 0 aliphatic heterocycles. The summed E-state index contributed by atoms with van der Waals surface area (Å²) in [5.41, 5.74) is 1.07. The average molecular weight is 99.1 g/mol. The SMILES string of the molecule is [CH2]c1ccccc1.[LiH]. The average Bonchev–Trinajstić information content (AvgIpc) is 1.69. The van der Waals surface area contributed by atoms with E-state index in [-0.39, 0.29) is 18.9 Å². The predicted octanol–water partition coefficient (Wildman–Crippen LogP) is 1.22. The summed E-state index contributed by atoms with van der Waals surface area (Å²) in [6, 6.07) is 9.87. The van der Waals surface area contributed by atoms with Crippen LogP contribution in [-0.2, 0) is 0 Å². The van der Waals surface area contributed by atoms with Gasteiger partial charge in [-0.05, 0) is 12.5 Å². The molecule has 0 fully saturated rings. The fourth-order valence-corrected chi connectivity index (χ4v) is 0.478. The van der Waals surface area contributed by atoms with Crippen molar-refractivity contribution < 1.29 is 0 Å². The van der Waals surface area contributed by atoms with Crippen LogP contribution in [0.15, 0.2) is 30.3 Å². The van der Waals surface area contributed by atoms with Gasteiger partial charge in [-0.15, -0.1) is 0 Å². The quantitative estimate of drug-likeness (QED) is 0.429. The summed E-state index contributed by atoms with van der Waals surface area (Å²) < 4.78 is 0. The van der Waals surface area contributed by atoms with Crippen LogP contribution in [0.4, 0.5) is 0 Å². The Morgan fingerprint density at radius 2 is 1.50 bits per heavy atom. The first-order chi connectivity index (χ1) is 3.39. The second-order valence-corrected chi connectivity index (χ2v) is 1.49. The van der Waals surface area contributed by atoms with Crippen molar-refractivity contribution in [3.8, 4) is 0 Å². The van der Waals surface area contributed by atoms with Crippen LogP contribution >= 0.6 is 0 Å². The van der Waals surface area contributed by atoms with Gasteiger partial charge in [-0.25, -0.2) is 0 Å². The van der Waals surface area contributed by atoms with Gasteiger partial charge >= 0.3 is 18.9 Å². The molecule has 0 atom stereocenters. The first-order valence-electron chi connectivity index (χ1n) is 2.26. The summed E-state index contributed by atoms with van der Waals surface area (Å²) >= 11 is 0. The van der Waals surface area contributed by atoms with E-state index >= 15 is 0 Å². The van der Waals surface area contributed by atoms with E-state index in [1.165, 1.54) is 0 Å². The molecule has 0 spiro atoms. The van der Waals surface area contributed by atoms with Gasteiger partial charge in [-0.1, -0.05) is 30.3 Å². The molecule has 0 N–H and O–H groups in total. The monoisotopic (exact) mass is 99.1 g/mol. The molecule has 0 aliphatic rings. The second-order valence-electron chi connectivity index (χ2n) is 1.49. The van der Waals surface area contributed by atoms with Crippen LogP contribution in [0.5, 0.6) is 0 Å². The summed E-state index contributed by atoms with van der Waals surface area (Å²) in [7, 11) is 0. The van der Waals surface area contributed by atoms with Crippen molar-refractivity contribution >= 4 is 18.9 Å². The molecule has 0 saturated carbocycles. The van der Waals surface area contributed by atoms with Crippen LogP contribution in [0, 0.1) is 6.92 Å². The normalized spacial score (nSPS) is 7.62. The van der Waals surface area contributed by atoms with Gasteiger partial charge in [0.15, 0.2) is 0 Å². The van der Waals surface area contributed by atoms with Crippen LogP contribution in [0.1, 0.15) is 5.56 Å². The van der Waals surface area contributed by atoms with Crippen molar-refractivity contribution in [1.82, 2.24) is 0 Å². The van der Waals surface area contributed by atoms with Crippen LogP contribution in [0.2, 0.25) is 0 Å². The van der Waals surface area contributed by atoms with E-state index < -0.39 is 0 Å². The molecule has 1 aromatic carbocycles. The van der Waals surface area contributed by atoms with Gasteiger partial charge in [0.25, 0.3) is 0 Å². The minimum atomic E-state index is 0. The molecule has 0 bridgehead atoms. The molecule has 0 amide bonds. The van der Waals surface area contributed by atoms with Gasteiger partial charge in [0.2, 0.25) is 0 Å². The fraction of sp³-hybridized carbons (Fsp3) is 0. The molecular weight excluding hydrogens is 91.0 g/mol. The summed E-state index contributed by atoms with van der Waals surface area (Å²) in [5.74, 6) is 0. The maximum atomic E-state index is 3.72. The van der Waals surface area contributed by atoms with Crippen molar-refractivity contribution in [2.24, 2.45) is 0 Å². The van der Waals surface area contributed by atoms with E-state index in [2.05, 4.69) is 6.92 Å². The Labute approximate surface area is 62.1 Å². The molecule has 1 radical (unpaired) electrons. The van der Waals surface area contributed by atoms with Gasteiger partial charge in [-0.3, -0.25) is 0 Å². The molecule has 37 valence electrons. The number of rotatable bonds is 0. The molecule has 1 aromatic rings. The van der Waals surface area contributed by atoms with Gasteiger partial charge < -0.3 is 0 Å². The summed E-state index contributed by atoms with van der Waals surface area (Å²) in [6.07, 6.45) is 0. The van der Waals surface area contributed by atoms with Crippen molar-refractivity contribution in [1.29, 1.82) is 0 Å². The summed E-state index contributed by atoms with van der Waals surface area (Å²) in [4.78, 5) is 0. The first kappa shape index (κ1) is 7.82. The predicted molar refractivity (Wildman–Crippen MR) is 38.1 cm³/mol. The fourth-order valence-electron chi connectivity index (χ4n) is 0.478. The molecule has 0 aromatic heterocycles. The number of benzene rings is 1. The zero-order valence-corrected chi connectivity index (χ0v) is 4.09. The van der Waals surface area contributed by atoms with E-state index in [1.54, 1.807) is 0 Å². The third kappa shape index (κ3) is 2.21. The van der Waals surface area contributed by atoms with Crippen LogP contribution in [-0.4, -0.2) is 18.9 Å². The van der Waals surface area contributed by atoms with Gasteiger partial charge in [0, 0.05) is 0 Å². The Kier molecular flexibility index (Phi) is 3.69. The van der Waals surface area contributed by atoms with E-state index in [4.69, 9.17) is 0 Å². The van der Waals surface area contributed by atoms with E-state index in [0.29, 0.717) is 0 Å². The second kappa shape index (κ2) is 3.78. The Hall–Kier alpha value is -0.183. The Bertz CT molecular complexity index is 134.